The number of ether oxygens (including phenoxy) is 1. The first-order valence-corrected chi connectivity index (χ1v) is 10.1. The SMILES string of the molecule is O=C(N1CCOCC1)C1(F)CCCN(S(=O)(=O)Cc2ccccc2)C1. The topological polar surface area (TPSA) is 66.9 Å². The van der Waals surface area contributed by atoms with Gasteiger partial charge in [0.2, 0.25) is 15.7 Å². The number of hydrogen-bond donors (Lipinski definition) is 0. The minimum atomic E-state index is -3.67. The van der Waals surface area contributed by atoms with E-state index < -0.39 is 28.1 Å². The van der Waals surface area contributed by atoms with Crippen molar-refractivity contribution in [2.24, 2.45) is 0 Å². The lowest BCUT2D eigenvalue weighted by molar-refractivity contribution is -0.150. The number of nitrogens with zero attached hydrogens (tertiary/aromatic N) is 2. The molecule has 0 spiro atoms. The minimum absolute atomic E-state index is 0.0561. The maximum Gasteiger partial charge on any atom is 0.261 e. The molecular weight excluding hydrogens is 347 g/mol. The summed E-state index contributed by atoms with van der Waals surface area (Å²) in [6.07, 6.45) is 0.390. The second-order valence-corrected chi connectivity index (χ2v) is 8.52. The summed E-state index contributed by atoms with van der Waals surface area (Å²) in [4.78, 5) is 14.0. The Morgan fingerprint density at radius 1 is 1.16 bits per heavy atom. The summed E-state index contributed by atoms with van der Waals surface area (Å²) in [7, 11) is -3.67. The lowest BCUT2D eigenvalue weighted by Crippen LogP contribution is -2.58. The molecule has 2 heterocycles. The molecule has 2 fully saturated rings. The van der Waals surface area contributed by atoms with Crippen LogP contribution >= 0.6 is 0 Å². The fourth-order valence-corrected chi connectivity index (χ4v) is 4.92. The Morgan fingerprint density at radius 2 is 1.84 bits per heavy atom. The molecule has 8 heteroatoms. The molecule has 2 aliphatic rings. The lowest BCUT2D eigenvalue weighted by atomic mass is 9.94. The summed E-state index contributed by atoms with van der Waals surface area (Å²) in [5, 5.41) is 0. The van der Waals surface area contributed by atoms with Gasteiger partial charge in [0.1, 0.15) is 0 Å². The third kappa shape index (κ3) is 4.19. The van der Waals surface area contributed by atoms with Gasteiger partial charge in [-0.1, -0.05) is 30.3 Å². The van der Waals surface area contributed by atoms with Crippen molar-refractivity contribution in [3.63, 3.8) is 0 Å². The largest absolute Gasteiger partial charge is 0.378 e. The Labute approximate surface area is 147 Å². The molecule has 0 aromatic heterocycles. The molecule has 1 atom stereocenters. The number of amides is 1. The van der Waals surface area contributed by atoms with E-state index in [0.29, 0.717) is 38.3 Å². The number of carbonyl (C=O) groups is 1. The van der Waals surface area contributed by atoms with Crippen molar-refractivity contribution in [3.8, 4) is 0 Å². The van der Waals surface area contributed by atoms with Crippen molar-refractivity contribution >= 4 is 15.9 Å². The van der Waals surface area contributed by atoms with E-state index in [1.807, 2.05) is 6.07 Å². The Morgan fingerprint density at radius 3 is 2.52 bits per heavy atom. The predicted octanol–water partition coefficient (Wildman–Crippen LogP) is 1.18. The van der Waals surface area contributed by atoms with Crippen molar-refractivity contribution in [2.45, 2.75) is 24.3 Å². The highest BCUT2D eigenvalue weighted by atomic mass is 32.2. The maximum atomic E-state index is 15.3. The van der Waals surface area contributed by atoms with E-state index in [1.165, 1.54) is 4.90 Å². The molecule has 0 aliphatic carbocycles. The quantitative estimate of drug-likeness (QED) is 0.798. The van der Waals surface area contributed by atoms with E-state index >= 15 is 4.39 Å². The molecule has 2 saturated heterocycles. The number of hydrogen-bond acceptors (Lipinski definition) is 4. The Hall–Kier alpha value is -1.51. The predicted molar refractivity (Wildman–Crippen MR) is 91.1 cm³/mol. The number of sulfonamides is 1. The van der Waals surface area contributed by atoms with Crippen LogP contribution in [0.2, 0.25) is 0 Å². The van der Waals surface area contributed by atoms with E-state index in [0.717, 1.165) is 4.31 Å². The van der Waals surface area contributed by atoms with Crippen LogP contribution in [-0.4, -0.2) is 68.6 Å². The van der Waals surface area contributed by atoms with Gasteiger partial charge in [-0.05, 0) is 18.4 Å². The van der Waals surface area contributed by atoms with Gasteiger partial charge >= 0.3 is 0 Å². The van der Waals surface area contributed by atoms with E-state index in [1.54, 1.807) is 24.3 Å². The Kier molecular flexibility index (Phi) is 5.41. The van der Waals surface area contributed by atoms with Gasteiger partial charge in [-0.3, -0.25) is 4.79 Å². The van der Waals surface area contributed by atoms with Crippen molar-refractivity contribution < 1.29 is 22.3 Å². The molecule has 25 heavy (non-hydrogen) atoms. The number of carbonyl (C=O) groups excluding carboxylic acids is 1. The molecule has 3 rings (SSSR count). The van der Waals surface area contributed by atoms with Crippen LogP contribution in [-0.2, 0) is 25.3 Å². The minimum Gasteiger partial charge on any atom is -0.378 e. The first-order chi connectivity index (χ1) is 11.9. The normalized spacial score (nSPS) is 25.7. The van der Waals surface area contributed by atoms with Crippen LogP contribution in [0.1, 0.15) is 18.4 Å². The van der Waals surface area contributed by atoms with Crippen molar-refractivity contribution in [2.75, 3.05) is 39.4 Å². The van der Waals surface area contributed by atoms with E-state index in [9.17, 15) is 13.2 Å². The van der Waals surface area contributed by atoms with Crippen LogP contribution in [0.3, 0.4) is 0 Å². The molecule has 1 unspecified atom stereocenters. The van der Waals surface area contributed by atoms with Crippen LogP contribution in [0.15, 0.2) is 30.3 Å². The van der Waals surface area contributed by atoms with Gasteiger partial charge in [-0.25, -0.2) is 12.8 Å². The summed E-state index contributed by atoms with van der Waals surface area (Å²) in [6.45, 7) is 1.31. The average molecular weight is 370 g/mol. The molecular formula is C17H23FN2O4S. The van der Waals surface area contributed by atoms with Gasteiger partial charge in [-0.2, -0.15) is 4.31 Å². The van der Waals surface area contributed by atoms with Crippen LogP contribution in [0, 0.1) is 0 Å². The zero-order valence-corrected chi connectivity index (χ0v) is 14.9. The highest BCUT2D eigenvalue weighted by molar-refractivity contribution is 7.88. The first-order valence-electron chi connectivity index (χ1n) is 8.48. The fraction of sp³-hybridized carbons (Fsp3) is 0.588. The highest BCUT2D eigenvalue weighted by Crippen LogP contribution is 2.30. The summed E-state index contributed by atoms with van der Waals surface area (Å²) >= 11 is 0. The van der Waals surface area contributed by atoms with Gasteiger partial charge in [0.25, 0.3) is 5.91 Å². The van der Waals surface area contributed by atoms with E-state index in [-0.39, 0.29) is 18.7 Å². The molecule has 6 nitrogen and oxygen atoms in total. The maximum absolute atomic E-state index is 15.3. The smallest absolute Gasteiger partial charge is 0.261 e. The number of rotatable bonds is 4. The second-order valence-electron chi connectivity index (χ2n) is 6.55. The Bertz CT molecular complexity index is 707. The second kappa shape index (κ2) is 7.39. The summed E-state index contributed by atoms with van der Waals surface area (Å²) in [5.74, 6) is -0.800. The highest BCUT2D eigenvalue weighted by Gasteiger charge is 2.47. The first kappa shape index (κ1) is 18.3. The van der Waals surface area contributed by atoms with Gasteiger partial charge in [-0.15, -0.1) is 0 Å². The van der Waals surface area contributed by atoms with Crippen LogP contribution in [0.5, 0.6) is 0 Å². The van der Waals surface area contributed by atoms with Crippen LogP contribution in [0.25, 0.3) is 0 Å². The molecule has 1 amide bonds. The van der Waals surface area contributed by atoms with E-state index in [4.69, 9.17) is 4.74 Å². The summed E-state index contributed by atoms with van der Waals surface area (Å²) in [6, 6.07) is 8.79. The van der Waals surface area contributed by atoms with Gasteiger partial charge in [0.05, 0.1) is 25.5 Å². The standard InChI is InChI=1S/C17H23FN2O4S/c18-17(16(21)19-9-11-24-12-10-19)7-4-8-20(14-17)25(22,23)13-15-5-2-1-3-6-15/h1-3,5-6H,4,7-14H2. The monoisotopic (exact) mass is 370 g/mol. The number of piperidine rings is 1. The molecule has 1 aromatic carbocycles. The third-order valence-electron chi connectivity index (χ3n) is 4.67. The summed E-state index contributed by atoms with van der Waals surface area (Å²) < 4.78 is 47.0. The molecule has 0 N–H and O–H groups in total. The molecule has 0 radical (unpaired) electrons. The third-order valence-corrected chi connectivity index (χ3v) is 6.47. The van der Waals surface area contributed by atoms with Gasteiger partial charge in [0, 0.05) is 19.6 Å². The van der Waals surface area contributed by atoms with Gasteiger partial charge in [0.15, 0.2) is 0 Å². The van der Waals surface area contributed by atoms with Gasteiger partial charge < -0.3 is 9.64 Å². The Balaban J connectivity index is 1.72. The summed E-state index contributed by atoms with van der Waals surface area (Å²) in [5.41, 5.74) is -1.50. The van der Waals surface area contributed by atoms with Crippen molar-refractivity contribution in [1.29, 1.82) is 0 Å². The number of halogens is 1. The zero-order chi connectivity index (χ0) is 17.9. The average Bonchev–Trinajstić information content (AvgIpc) is 2.62. The lowest BCUT2D eigenvalue weighted by Gasteiger charge is -2.39. The molecule has 2 aliphatic heterocycles. The van der Waals surface area contributed by atoms with Crippen molar-refractivity contribution in [3.05, 3.63) is 35.9 Å². The molecule has 0 bridgehead atoms. The van der Waals surface area contributed by atoms with Crippen molar-refractivity contribution in [1.82, 2.24) is 9.21 Å². The van der Waals surface area contributed by atoms with Crippen LogP contribution < -0.4 is 0 Å². The van der Waals surface area contributed by atoms with E-state index in [2.05, 4.69) is 0 Å². The molecule has 138 valence electrons. The molecule has 0 saturated carbocycles. The zero-order valence-electron chi connectivity index (χ0n) is 14.1. The number of benzene rings is 1. The van der Waals surface area contributed by atoms with Crippen LogP contribution in [0.4, 0.5) is 4.39 Å². The molecule has 1 aromatic rings. The number of alkyl halides is 1. The fourth-order valence-electron chi connectivity index (χ4n) is 3.31. The number of morpholine rings is 1.